The first-order chi connectivity index (χ1) is 4.34. The lowest BCUT2D eigenvalue weighted by Gasteiger charge is -1.84. The predicted octanol–water partition coefficient (Wildman–Crippen LogP) is 2.10. The van der Waals surface area contributed by atoms with E-state index in [0.29, 0.717) is 0 Å². The molecule has 0 unspecified atom stereocenters. The molecule has 9 heavy (non-hydrogen) atoms. The minimum Gasteiger partial charge on any atom is -0.280 e. The van der Waals surface area contributed by atoms with Gasteiger partial charge in [0.2, 0.25) is 0 Å². The first kappa shape index (κ1) is 6.10. The van der Waals surface area contributed by atoms with Gasteiger partial charge in [-0.25, -0.2) is 5.53 Å². The maximum absolute atomic E-state index is 7.05. The summed E-state index contributed by atoms with van der Waals surface area (Å²) < 4.78 is 0. The summed E-state index contributed by atoms with van der Waals surface area (Å²) in [5.41, 5.74) is 6.49. The second kappa shape index (κ2) is 2.50. The van der Waals surface area contributed by atoms with Crippen molar-refractivity contribution in [3.05, 3.63) is 22.4 Å². The molecular formula is C5H5N3S. The molecule has 0 radical (unpaired) electrons. The molecule has 4 heteroatoms. The number of nitrogens with zero attached hydrogens (tertiary/aromatic N) is 1. The van der Waals surface area contributed by atoms with Crippen molar-refractivity contribution >= 4 is 17.2 Å². The van der Waals surface area contributed by atoms with E-state index in [-0.39, 0.29) is 5.84 Å². The Morgan fingerprint density at radius 1 is 1.67 bits per heavy atom. The van der Waals surface area contributed by atoms with Crippen molar-refractivity contribution in [3.63, 3.8) is 0 Å². The average Bonchev–Trinajstić information content (AvgIpc) is 2.37. The van der Waals surface area contributed by atoms with Crippen LogP contribution in [0, 0.1) is 10.9 Å². The molecule has 0 spiro atoms. The molecule has 0 saturated carbocycles. The Hall–Kier alpha value is -1.03. The third-order valence-corrected chi connectivity index (χ3v) is 1.74. The van der Waals surface area contributed by atoms with Crippen molar-refractivity contribution in [2.24, 2.45) is 5.11 Å². The molecule has 0 aliphatic rings. The van der Waals surface area contributed by atoms with Gasteiger partial charge in [0.15, 0.2) is 5.84 Å². The van der Waals surface area contributed by atoms with Crippen LogP contribution in [0.1, 0.15) is 4.88 Å². The number of rotatable bonds is 1. The van der Waals surface area contributed by atoms with Gasteiger partial charge >= 0.3 is 0 Å². The molecule has 2 N–H and O–H groups in total. The van der Waals surface area contributed by atoms with E-state index in [2.05, 4.69) is 5.11 Å². The van der Waals surface area contributed by atoms with Gasteiger partial charge in [0.25, 0.3) is 0 Å². The zero-order valence-corrected chi connectivity index (χ0v) is 5.40. The first-order valence-corrected chi connectivity index (χ1v) is 3.22. The van der Waals surface area contributed by atoms with E-state index in [0.717, 1.165) is 4.88 Å². The summed E-state index contributed by atoms with van der Waals surface area (Å²) in [5, 5.41) is 11.9. The molecule has 0 bridgehead atoms. The van der Waals surface area contributed by atoms with Crippen LogP contribution in [0.4, 0.5) is 0 Å². The van der Waals surface area contributed by atoms with Crippen LogP contribution in [0.15, 0.2) is 22.6 Å². The van der Waals surface area contributed by atoms with Gasteiger partial charge in [-0.3, -0.25) is 5.41 Å². The Bertz CT molecular complexity index is 214. The second-order valence-corrected chi connectivity index (χ2v) is 2.39. The topological polar surface area (TPSA) is 60.1 Å². The number of thiophene rings is 1. The largest absolute Gasteiger partial charge is 0.280 e. The third-order valence-electron chi connectivity index (χ3n) is 0.866. The van der Waals surface area contributed by atoms with Crippen molar-refractivity contribution in [3.8, 4) is 0 Å². The number of amidine groups is 1. The Morgan fingerprint density at radius 2 is 2.44 bits per heavy atom. The highest BCUT2D eigenvalue weighted by molar-refractivity contribution is 7.12. The molecular weight excluding hydrogens is 134 g/mol. The van der Waals surface area contributed by atoms with Crippen LogP contribution in [-0.4, -0.2) is 5.84 Å². The van der Waals surface area contributed by atoms with Gasteiger partial charge in [-0.05, 0) is 11.4 Å². The van der Waals surface area contributed by atoms with Crippen molar-refractivity contribution in [2.45, 2.75) is 0 Å². The number of hydrogen-bond acceptors (Lipinski definition) is 3. The highest BCUT2D eigenvalue weighted by Gasteiger charge is 1.96. The third kappa shape index (κ3) is 1.20. The lowest BCUT2D eigenvalue weighted by atomic mass is 10.4. The molecule has 1 heterocycles. The Labute approximate surface area is 56.4 Å². The smallest absolute Gasteiger partial charge is 0.183 e. The van der Waals surface area contributed by atoms with Crippen LogP contribution < -0.4 is 0 Å². The second-order valence-electron chi connectivity index (χ2n) is 1.44. The fraction of sp³-hybridized carbons (Fsp3) is 0. The lowest BCUT2D eigenvalue weighted by Crippen LogP contribution is -1.85. The van der Waals surface area contributed by atoms with Gasteiger partial charge in [0, 0.05) is 0 Å². The summed E-state index contributed by atoms with van der Waals surface area (Å²) in [5.74, 6) is 0.0324. The van der Waals surface area contributed by atoms with Gasteiger partial charge in [0.1, 0.15) is 0 Å². The number of nitrogens with one attached hydrogen (secondary N) is 2. The molecule has 0 aliphatic heterocycles. The van der Waals surface area contributed by atoms with Crippen LogP contribution in [0.5, 0.6) is 0 Å². The van der Waals surface area contributed by atoms with Gasteiger partial charge in [0.05, 0.1) is 4.88 Å². The van der Waals surface area contributed by atoms with Crippen molar-refractivity contribution in [1.29, 1.82) is 10.9 Å². The minimum atomic E-state index is 0.0324. The van der Waals surface area contributed by atoms with E-state index in [9.17, 15) is 0 Å². The lowest BCUT2D eigenvalue weighted by molar-refractivity contribution is 1.17. The normalized spacial score (nSPS) is 8.89. The average molecular weight is 139 g/mol. The monoisotopic (exact) mass is 139 g/mol. The van der Waals surface area contributed by atoms with Gasteiger partial charge in [-0.1, -0.05) is 6.07 Å². The van der Waals surface area contributed by atoms with Gasteiger partial charge in [-0.2, -0.15) is 0 Å². The van der Waals surface area contributed by atoms with Crippen molar-refractivity contribution < 1.29 is 0 Å². The van der Waals surface area contributed by atoms with Crippen LogP contribution in [-0.2, 0) is 0 Å². The maximum Gasteiger partial charge on any atom is 0.183 e. The summed E-state index contributed by atoms with van der Waals surface area (Å²) in [4.78, 5) is 0.741. The van der Waals surface area contributed by atoms with Crippen LogP contribution >= 0.6 is 11.3 Å². The number of hydrogen-bond donors (Lipinski definition) is 2. The molecule has 1 rings (SSSR count). The van der Waals surface area contributed by atoms with Crippen LogP contribution in [0.3, 0.4) is 0 Å². The molecule has 46 valence electrons. The highest BCUT2D eigenvalue weighted by Crippen LogP contribution is 2.08. The van der Waals surface area contributed by atoms with E-state index >= 15 is 0 Å². The fourth-order valence-corrected chi connectivity index (χ4v) is 1.09. The molecule has 0 saturated heterocycles. The Kier molecular flexibility index (Phi) is 1.69. The van der Waals surface area contributed by atoms with E-state index in [1.54, 1.807) is 6.07 Å². The molecule has 0 amide bonds. The summed E-state index contributed by atoms with van der Waals surface area (Å²) in [6, 6.07) is 3.60. The first-order valence-electron chi connectivity index (χ1n) is 2.34. The zero-order valence-electron chi connectivity index (χ0n) is 4.59. The quantitative estimate of drug-likeness (QED) is 0.340. The predicted molar refractivity (Wildman–Crippen MR) is 36.3 cm³/mol. The van der Waals surface area contributed by atoms with Gasteiger partial charge in [-0.15, -0.1) is 16.5 Å². The van der Waals surface area contributed by atoms with E-state index in [1.165, 1.54) is 11.3 Å². The summed E-state index contributed by atoms with van der Waals surface area (Å²) in [6.45, 7) is 0. The Balaban J connectivity index is 2.89. The highest BCUT2D eigenvalue weighted by atomic mass is 32.1. The summed E-state index contributed by atoms with van der Waals surface area (Å²) >= 11 is 1.42. The zero-order chi connectivity index (χ0) is 6.69. The molecule has 0 atom stereocenters. The standard InChI is InChI=1S/C5H5N3S/c6-5(8-7)4-2-1-3-9-4/h1-3,6-7H. The molecule has 1 aromatic heterocycles. The van der Waals surface area contributed by atoms with E-state index < -0.39 is 0 Å². The van der Waals surface area contributed by atoms with E-state index in [4.69, 9.17) is 10.9 Å². The minimum absolute atomic E-state index is 0.0324. The van der Waals surface area contributed by atoms with Crippen molar-refractivity contribution in [1.82, 2.24) is 0 Å². The van der Waals surface area contributed by atoms with Crippen LogP contribution in [0.2, 0.25) is 0 Å². The molecule has 0 fully saturated rings. The summed E-state index contributed by atoms with van der Waals surface area (Å²) in [6.07, 6.45) is 0. The SMILES string of the molecule is N=NC(=N)c1cccs1. The van der Waals surface area contributed by atoms with Gasteiger partial charge < -0.3 is 0 Å². The molecule has 3 nitrogen and oxygen atoms in total. The van der Waals surface area contributed by atoms with E-state index in [1.807, 2.05) is 11.4 Å². The molecule has 1 aromatic rings. The van der Waals surface area contributed by atoms with Crippen molar-refractivity contribution in [2.75, 3.05) is 0 Å². The molecule has 0 aromatic carbocycles. The fourth-order valence-electron chi connectivity index (χ4n) is 0.468. The Morgan fingerprint density at radius 3 is 2.89 bits per heavy atom. The molecule has 0 aliphatic carbocycles. The summed E-state index contributed by atoms with van der Waals surface area (Å²) in [7, 11) is 0. The maximum atomic E-state index is 7.05. The van der Waals surface area contributed by atoms with Crippen LogP contribution in [0.25, 0.3) is 0 Å².